The number of aromatic nitrogens is 3. The van der Waals surface area contributed by atoms with Crippen LogP contribution in [0.25, 0.3) is 22.3 Å². The maximum Gasteiger partial charge on any atom is 0.154 e. The summed E-state index contributed by atoms with van der Waals surface area (Å²) in [6.07, 6.45) is 3.37. The van der Waals surface area contributed by atoms with Crippen LogP contribution in [0, 0.1) is 0 Å². The third-order valence-corrected chi connectivity index (χ3v) is 4.43. The van der Waals surface area contributed by atoms with Gasteiger partial charge in [-0.15, -0.1) is 0 Å². The molecule has 7 heteroatoms. The smallest absolute Gasteiger partial charge is 0.154 e. The summed E-state index contributed by atoms with van der Waals surface area (Å²) in [7, 11) is 0. The number of ether oxygens (including phenoxy) is 1. The summed E-state index contributed by atoms with van der Waals surface area (Å²) < 4.78 is 5.42. The fourth-order valence-electron chi connectivity index (χ4n) is 3.10. The molecule has 1 fully saturated rings. The van der Waals surface area contributed by atoms with Gasteiger partial charge in [-0.3, -0.25) is 4.98 Å². The van der Waals surface area contributed by atoms with E-state index in [1.54, 1.807) is 12.4 Å². The van der Waals surface area contributed by atoms with Crippen molar-refractivity contribution in [3.8, 4) is 11.3 Å². The van der Waals surface area contributed by atoms with E-state index in [-0.39, 0.29) is 0 Å². The largest absolute Gasteiger partial charge is 0.378 e. The van der Waals surface area contributed by atoms with Gasteiger partial charge in [-0.1, -0.05) is 12.1 Å². The minimum absolute atomic E-state index is 0.530. The molecule has 7 nitrogen and oxygen atoms in total. The molecule has 1 aliphatic heterocycles. The lowest BCUT2D eigenvalue weighted by Gasteiger charge is -2.28. The first-order valence-corrected chi connectivity index (χ1v) is 8.84. The maximum atomic E-state index is 5.62. The average molecular weight is 350 g/mol. The Bertz CT molecular complexity index is 877. The van der Waals surface area contributed by atoms with Gasteiger partial charge in [-0.05, 0) is 18.2 Å². The first-order chi connectivity index (χ1) is 12.8. The Kier molecular flexibility index (Phi) is 4.90. The summed E-state index contributed by atoms with van der Waals surface area (Å²) in [6, 6.07) is 10.4. The van der Waals surface area contributed by atoms with E-state index >= 15 is 0 Å². The number of rotatable bonds is 5. The van der Waals surface area contributed by atoms with Crippen LogP contribution in [-0.2, 0) is 4.74 Å². The monoisotopic (exact) mass is 350 g/mol. The Balaban J connectivity index is 1.67. The number of nitrogens with one attached hydrogen (secondary N) is 1. The van der Waals surface area contributed by atoms with Gasteiger partial charge in [0.15, 0.2) is 5.82 Å². The molecular weight excluding hydrogens is 328 g/mol. The van der Waals surface area contributed by atoms with Crippen LogP contribution in [0.3, 0.4) is 0 Å². The average Bonchev–Trinajstić information content (AvgIpc) is 2.72. The lowest BCUT2D eigenvalue weighted by Crippen LogP contribution is -2.36. The first kappa shape index (κ1) is 16.7. The molecule has 0 aliphatic carbocycles. The van der Waals surface area contributed by atoms with Crippen LogP contribution in [0.5, 0.6) is 0 Å². The molecule has 0 bridgehead atoms. The molecule has 3 N–H and O–H groups in total. The number of nitrogens with zero attached hydrogens (tertiary/aromatic N) is 4. The van der Waals surface area contributed by atoms with Crippen molar-refractivity contribution in [2.75, 3.05) is 49.6 Å². The molecule has 3 heterocycles. The van der Waals surface area contributed by atoms with Gasteiger partial charge >= 0.3 is 0 Å². The molecule has 4 rings (SSSR count). The van der Waals surface area contributed by atoms with E-state index < -0.39 is 0 Å². The molecule has 0 unspecified atom stereocenters. The number of nitrogens with two attached hydrogens (primary N) is 1. The quantitative estimate of drug-likeness (QED) is 0.726. The van der Waals surface area contributed by atoms with Crippen LogP contribution in [0.4, 0.5) is 11.5 Å². The lowest BCUT2D eigenvalue weighted by atomic mass is 10.1. The fourth-order valence-corrected chi connectivity index (χ4v) is 3.10. The van der Waals surface area contributed by atoms with E-state index in [1.165, 1.54) is 5.69 Å². The van der Waals surface area contributed by atoms with Gasteiger partial charge in [0, 0.05) is 49.8 Å². The van der Waals surface area contributed by atoms with Crippen molar-refractivity contribution in [3.05, 3.63) is 42.7 Å². The molecule has 0 radical (unpaired) electrons. The number of benzene rings is 1. The zero-order valence-electron chi connectivity index (χ0n) is 14.6. The summed E-state index contributed by atoms with van der Waals surface area (Å²) in [5.74, 6) is 0.716. The zero-order valence-corrected chi connectivity index (χ0v) is 14.6. The third-order valence-electron chi connectivity index (χ3n) is 4.43. The van der Waals surface area contributed by atoms with Crippen molar-refractivity contribution >= 4 is 22.5 Å². The first-order valence-electron chi connectivity index (χ1n) is 8.84. The Labute approximate surface area is 152 Å². The Morgan fingerprint density at radius 2 is 1.85 bits per heavy atom. The minimum Gasteiger partial charge on any atom is -0.378 e. The summed E-state index contributed by atoms with van der Waals surface area (Å²) >= 11 is 0. The van der Waals surface area contributed by atoms with Gasteiger partial charge in [0.2, 0.25) is 0 Å². The molecule has 0 amide bonds. The van der Waals surface area contributed by atoms with Gasteiger partial charge in [0.1, 0.15) is 5.52 Å². The van der Waals surface area contributed by atoms with Gasteiger partial charge in [0.05, 0.1) is 24.4 Å². The fraction of sp³-hybridized carbons (Fsp3) is 0.316. The number of morpholine rings is 1. The number of fused-ring (bicyclic) bond motifs is 1. The van der Waals surface area contributed by atoms with Gasteiger partial charge in [-0.2, -0.15) is 0 Å². The molecular formula is C19H22N6O. The predicted molar refractivity (Wildman–Crippen MR) is 103 cm³/mol. The molecule has 134 valence electrons. The van der Waals surface area contributed by atoms with Crippen LogP contribution in [0.15, 0.2) is 42.7 Å². The van der Waals surface area contributed by atoms with E-state index in [2.05, 4.69) is 44.5 Å². The second kappa shape index (κ2) is 7.63. The molecule has 1 aromatic carbocycles. The zero-order chi connectivity index (χ0) is 17.8. The van der Waals surface area contributed by atoms with E-state index in [0.717, 1.165) is 48.6 Å². The van der Waals surface area contributed by atoms with Gasteiger partial charge in [0.25, 0.3) is 0 Å². The van der Waals surface area contributed by atoms with Crippen molar-refractivity contribution in [1.82, 2.24) is 15.0 Å². The Morgan fingerprint density at radius 1 is 1.08 bits per heavy atom. The summed E-state index contributed by atoms with van der Waals surface area (Å²) in [5.41, 5.74) is 10.3. The highest BCUT2D eigenvalue weighted by Crippen LogP contribution is 2.27. The molecule has 0 atom stereocenters. The Morgan fingerprint density at radius 3 is 2.62 bits per heavy atom. The van der Waals surface area contributed by atoms with Crippen LogP contribution in [0.1, 0.15) is 0 Å². The molecule has 0 saturated carbocycles. The molecule has 1 aliphatic rings. The van der Waals surface area contributed by atoms with Gasteiger partial charge < -0.3 is 20.7 Å². The molecule has 26 heavy (non-hydrogen) atoms. The second-order valence-corrected chi connectivity index (χ2v) is 6.14. The molecule has 2 aromatic heterocycles. The summed E-state index contributed by atoms with van der Waals surface area (Å²) in [4.78, 5) is 15.9. The topological polar surface area (TPSA) is 89.2 Å². The Hall–Kier alpha value is -2.77. The van der Waals surface area contributed by atoms with Crippen molar-refractivity contribution in [3.63, 3.8) is 0 Å². The number of anilines is 2. The summed E-state index contributed by atoms with van der Waals surface area (Å²) in [6.45, 7) is 4.58. The SMILES string of the molecule is NCCNc1nc(-c2ccc(N3CCOCC3)cc2)cc2nccnc12. The van der Waals surface area contributed by atoms with Crippen molar-refractivity contribution < 1.29 is 4.74 Å². The van der Waals surface area contributed by atoms with E-state index in [4.69, 9.17) is 15.5 Å². The summed E-state index contributed by atoms with van der Waals surface area (Å²) in [5, 5.41) is 3.25. The maximum absolute atomic E-state index is 5.62. The predicted octanol–water partition coefficient (Wildman–Crippen LogP) is 1.90. The highest BCUT2D eigenvalue weighted by atomic mass is 16.5. The second-order valence-electron chi connectivity index (χ2n) is 6.14. The van der Waals surface area contributed by atoms with Crippen molar-refractivity contribution in [2.45, 2.75) is 0 Å². The van der Waals surface area contributed by atoms with E-state index in [9.17, 15) is 0 Å². The van der Waals surface area contributed by atoms with Crippen molar-refractivity contribution in [1.29, 1.82) is 0 Å². The number of hydrogen-bond acceptors (Lipinski definition) is 7. The lowest BCUT2D eigenvalue weighted by molar-refractivity contribution is 0.122. The van der Waals surface area contributed by atoms with Crippen LogP contribution in [-0.4, -0.2) is 54.3 Å². The standard InChI is InChI=1S/C19H22N6O/c20-5-6-23-19-18-17(21-7-8-22-18)13-16(24-19)14-1-3-15(4-2-14)25-9-11-26-12-10-25/h1-4,7-8,13H,5-6,9-12,20H2,(H,23,24). The van der Waals surface area contributed by atoms with E-state index in [1.807, 2.05) is 6.07 Å². The van der Waals surface area contributed by atoms with Crippen LogP contribution < -0.4 is 16.0 Å². The molecule has 3 aromatic rings. The third kappa shape index (κ3) is 3.44. The van der Waals surface area contributed by atoms with Gasteiger partial charge in [-0.25, -0.2) is 9.97 Å². The molecule has 0 spiro atoms. The highest BCUT2D eigenvalue weighted by molar-refractivity contribution is 5.88. The van der Waals surface area contributed by atoms with Crippen LogP contribution in [0.2, 0.25) is 0 Å². The minimum atomic E-state index is 0.530. The van der Waals surface area contributed by atoms with Crippen molar-refractivity contribution in [2.24, 2.45) is 5.73 Å². The number of hydrogen-bond donors (Lipinski definition) is 2. The van der Waals surface area contributed by atoms with E-state index in [0.29, 0.717) is 18.9 Å². The highest BCUT2D eigenvalue weighted by Gasteiger charge is 2.13. The van der Waals surface area contributed by atoms with Crippen LogP contribution >= 0.6 is 0 Å². The molecule has 1 saturated heterocycles. The number of pyridine rings is 1. The normalized spacial score (nSPS) is 14.6.